The van der Waals surface area contributed by atoms with Gasteiger partial charge in [0.15, 0.2) is 0 Å². The molecule has 2 rings (SSSR count). The van der Waals surface area contributed by atoms with Crippen molar-refractivity contribution in [3.05, 3.63) is 24.0 Å². The van der Waals surface area contributed by atoms with Crippen LogP contribution in [0.25, 0.3) is 0 Å². The number of hydrogen-bond donors (Lipinski definition) is 0. The van der Waals surface area contributed by atoms with Gasteiger partial charge in [-0.3, -0.25) is 4.98 Å². The first kappa shape index (κ1) is 9.50. The standard InChI is InChI=1S/C12H18N2/c1-12(2,3)14-8-4-5-10-6-7-13-9-11(10)14/h6-7,9H,4-5,8H2,1-3H3. The molecule has 0 aromatic carbocycles. The molecule has 0 N–H and O–H groups in total. The quantitative estimate of drug-likeness (QED) is 0.625. The maximum absolute atomic E-state index is 4.22. The van der Waals surface area contributed by atoms with Gasteiger partial charge in [0.1, 0.15) is 0 Å². The largest absolute Gasteiger partial charge is 0.365 e. The Morgan fingerprint density at radius 1 is 1.36 bits per heavy atom. The van der Waals surface area contributed by atoms with Crippen molar-refractivity contribution in [3.8, 4) is 0 Å². The van der Waals surface area contributed by atoms with E-state index in [4.69, 9.17) is 0 Å². The number of nitrogens with zero attached hydrogens (tertiary/aromatic N) is 2. The van der Waals surface area contributed by atoms with Crippen LogP contribution >= 0.6 is 0 Å². The third kappa shape index (κ3) is 1.61. The Hall–Kier alpha value is -1.05. The van der Waals surface area contributed by atoms with Crippen molar-refractivity contribution in [3.63, 3.8) is 0 Å². The average molecular weight is 190 g/mol. The Kier molecular flexibility index (Phi) is 2.22. The smallest absolute Gasteiger partial charge is 0.0589 e. The molecular formula is C12H18N2. The van der Waals surface area contributed by atoms with Crippen molar-refractivity contribution < 1.29 is 0 Å². The molecule has 0 unspecified atom stereocenters. The van der Waals surface area contributed by atoms with Crippen LogP contribution in [0.4, 0.5) is 5.69 Å². The molecule has 0 aliphatic carbocycles. The minimum Gasteiger partial charge on any atom is -0.365 e. The van der Waals surface area contributed by atoms with Crippen LogP contribution in [0.2, 0.25) is 0 Å². The van der Waals surface area contributed by atoms with E-state index in [-0.39, 0.29) is 5.54 Å². The van der Waals surface area contributed by atoms with Crippen LogP contribution in [0, 0.1) is 0 Å². The molecular weight excluding hydrogens is 172 g/mol. The summed E-state index contributed by atoms with van der Waals surface area (Å²) < 4.78 is 0. The molecule has 1 aliphatic rings. The summed E-state index contributed by atoms with van der Waals surface area (Å²) in [6, 6.07) is 2.15. The molecule has 2 heterocycles. The fourth-order valence-corrected chi connectivity index (χ4v) is 2.11. The minimum atomic E-state index is 0.207. The van der Waals surface area contributed by atoms with Gasteiger partial charge >= 0.3 is 0 Å². The highest BCUT2D eigenvalue weighted by molar-refractivity contribution is 5.55. The second-order valence-corrected chi connectivity index (χ2v) is 4.93. The Balaban J connectivity index is 2.41. The Morgan fingerprint density at radius 2 is 2.14 bits per heavy atom. The van der Waals surface area contributed by atoms with E-state index in [0.717, 1.165) is 6.54 Å². The summed E-state index contributed by atoms with van der Waals surface area (Å²) in [5, 5.41) is 0. The van der Waals surface area contributed by atoms with E-state index in [0.29, 0.717) is 0 Å². The normalized spacial score (nSPS) is 16.6. The summed E-state index contributed by atoms with van der Waals surface area (Å²) in [4.78, 5) is 6.68. The lowest BCUT2D eigenvalue weighted by atomic mass is 9.97. The van der Waals surface area contributed by atoms with Crippen molar-refractivity contribution in [2.45, 2.75) is 39.2 Å². The molecule has 0 bridgehead atoms. The highest BCUT2D eigenvalue weighted by atomic mass is 15.2. The minimum absolute atomic E-state index is 0.207. The number of aryl methyl sites for hydroxylation is 1. The van der Waals surface area contributed by atoms with Crippen LogP contribution in [0.5, 0.6) is 0 Å². The third-order valence-electron chi connectivity index (χ3n) is 2.82. The lowest BCUT2D eigenvalue weighted by Gasteiger charge is -2.41. The zero-order chi connectivity index (χ0) is 10.2. The monoisotopic (exact) mass is 190 g/mol. The van der Waals surface area contributed by atoms with E-state index in [9.17, 15) is 0 Å². The fraction of sp³-hybridized carbons (Fsp3) is 0.583. The second-order valence-electron chi connectivity index (χ2n) is 4.93. The zero-order valence-corrected chi connectivity index (χ0v) is 9.25. The summed E-state index contributed by atoms with van der Waals surface area (Å²) in [6.07, 6.45) is 6.35. The van der Waals surface area contributed by atoms with E-state index >= 15 is 0 Å². The van der Waals surface area contributed by atoms with Crippen molar-refractivity contribution in [1.29, 1.82) is 0 Å². The van der Waals surface area contributed by atoms with E-state index in [1.54, 1.807) is 0 Å². The zero-order valence-electron chi connectivity index (χ0n) is 9.25. The molecule has 1 aromatic heterocycles. The van der Waals surface area contributed by atoms with Crippen molar-refractivity contribution in [2.24, 2.45) is 0 Å². The molecule has 0 atom stereocenters. The van der Waals surface area contributed by atoms with Gasteiger partial charge in [0.05, 0.1) is 11.9 Å². The summed E-state index contributed by atoms with van der Waals surface area (Å²) in [7, 11) is 0. The molecule has 0 amide bonds. The fourth-order valence-electron chi connectivity index (χ4n) is 2.11. The van der Waals surface area contributed by atoms with Gasteiger partial charge in [-0.1, -0.05) is 0 Å². The molecule has 76 valence electrons. The lowest BCUT2D eigenvalue weighted by molar-refractivity contribution is 0.482. The maximum atomic E-state index is 4.22. The van der Waals surface area contributed by atoms with Crippen molar-refractivity contribution in [1.82, 2.24) is 4.98 Å². The molecule has 1 aliphatic heterocycles. The maximum Gasteiger partial charge on any atom is 0.0589 e. The topological polar surface area (TPSA) is 16.1 Å². The SMILES string of the molecule is CC(C)(C)N1CCCc2ccncc21. The number of aromatic nitrogens is 1. The van der Waals surface area contributed by atoms with Crippen LogP contribution in [0.3, 0.4) is 0 Å². The predicted molar refractivity (Wildman–Crippen MR) is 59.7 cm³/mol. The van der Waals surface area contributed by atoms with Gasteiger partial charge in [0, 0.05) is 18.3 Å². The molecule has 0 saturated heterocycles. The van der Waals surface area contributed by atoms with Crippen molar-refractivity contribution in [2.75, 3.05) is 11.4 Å². The van der Waals surface area contributed by atoms with E-state index < -0.39 is 0 Å². The molecule has 0 spiro atoms. The highest BCUT2D eigenvalue weighted by Gasteiger charge is 2.26. The highest BCUT2D eigenvalue weighted by Crippen LogP contribution is 2.31. The van der Waals surface area contributed by atoms with Crippen LogP contribution in [0.1, 0.15) is 32.8 Å². The molecule has 2 nitrogen and oxygen atoms in total. The van der Waals surface area contributed by atoms with Gasteiger partial charge in [0.25, 0.3) is 0 Å². The summed E-state index contributed by atoms with van der Waals surface area (Å²) >= 11 is 0. The van der Waals surface area contributed by atoms with E-state index in [1.807, 2.05) is 12.4 Å². The number of hydrogen-bond acceptors (Lipinski definition) is 2. The van der Waals surface area contributed by atoms with Crippen LogP contribution in [-0.4, -0.2) is 17.1 Å². The average Bonchev–Trinajstić information content (AvgIpc) is 2.15. The van der Waals surface area contributed by atoms with Crippen molar-refractivity contribution >= 4 is 5.69 Å². The molecule has 14 heavy (non-hydrogen) atoms. The van der Waals surface area contributed by atoms with Crippen LogP contribution in [-0.2, 0) is 6.42 Å². The van der Waals surface area contributed by atoms with Gasteiger partial charge in [-0.15, -0.1) is 0 Å². The first-order valence-corrected chi connectivity index (χ1v) is 5.29. The molecule has 0 saturated carbocycles. The number of fused-ring (bicyclic) bond motifs is 1. The van der Waals surface area contributed by atoms with Gasteiger partial charge in [-0.05, 0) is 45.2 Å². The summed E-state index contributed by atoms with van der Waals surface area (Å²) in [5.41, 5.74) is 2.98. The summed E-state index contributed by atoms with van der Waals surface area (Å²) in [5.74, 6) is 0. The van der Waals surface area contributed by atoms with Gasteiger partial charge < -0.3 is 4.90 Å². The number of pyridine rings is 1. The van der Waals surface area contributed by atoms with E-state index in [2.05, 4.69) is 36.7 Å². The first-order chi connectivity index (χ1) is 6.59. The number of anilines is 1. The molecule has 2 heteroatoms. The number of rotatable bonds is 0. The molecule has 0 fully saturated rings. The molecule has 1 aromatic rings. The third-order valence-corrected chi connectivity index (χ3v) is 2.82. The van der Waals surface area contributed by atoms with Gasteiger partial charge in [-0.25, -0.2) is 0 Å². The van der Waals surface area contributed by atoms with E-state index in [1.165, 1.54) is 24.1 Å². The lowest BCUT2D eigenvalue weighted by Crippen LogP contribution is -2.44. The van der Waals surface area contributed by atoms with Crippen LogP contribution in [0.15, 0.2) is 18.5 Å². The summed E-state index contributed by atoms with van der Waals surface area (Å²) in [6.45, 7) is 7.93. The molecule has 0 radical (unpaired) electrons. The Labute approximate surface area is 86.0 Å². The first-order valence-electron chi connectivity index (χ1n) is 5.29. The van der Waals surface area contributed by atoms with Gasteiger partial charge in [0.2, 0.25) is 0 Å². The van der Waals surface area contributed by atoms with Crippen LogP contribution < -0.4 is 4.90 Å². The second kappa shape index (κ2) is 3.26. The predicted octanol–water partition coefficient (Wildman–Crippen LogP) is 2.63. The Bertz CT molecular complexity index is 325. The Morgan fingerprint density at radius 3 is 2.86 bits per heavy atom. The van der Waals surface area contributed by atoms with Gasteiger partial charge in [-0.2, -0.15) is 0 Å².